The summed E-state index contributed by atoms with van der Waals surface area (Å²) in [6.45, 7) is 0.259. The molecule has 0 aliphatic rings. The largest absolute Gasteiger partial charge is 0.332 e. The lowest BCUT2D eigenvalue weighted by molar-refractivity contribution is 0.251. The van der Waals surface area contributed by atoms with Gasteiger partial charge in [-0.1, -0.05) is 17.3 Å². The smallest absolute Gasteiger partial charge is 0.319 e. The van der Waals surface area contributed by atoms with Crippen molar-refractivity contribution in [2.75, 3.05) is 5.32 Å². The number of amides is 2. The van der Waals surface area contributed by atoms with Crippen LogP contribution < -0.4 is 10.6 Å². The molecule has 2 heterocycles. The summed E-state index contributed by atoms with van der Waals surface area (Å²) >= 11 is 5.80. The number of urea groups is 1. The van der Waals surface area contributed by atoms with Crippen molar-refractivity contribution >= 4 is 34.2 Å². The second kappa shape index (κ2) is 7.46. The van der Waals surface area contributed by atoms with Gasteiger partial charge in [0.05, 0.1) is 30.1 Å². The van der Waals surface area contributed by atoms with Gasteiger partial charge >= 0.3 is 6.03 Å². The van der Waals surface area contributed by atoms with E-state index in [2.05, 4.69) is 31.1 Å². The lowest BCUT2D eigenvalue weighted by atomic mass is 10.2. The topological polar surface area (TPSA) is 101 Å². The Morgan fingerprint density at radius 3 is 3.04 bits per heavy atom. The Bertz CT molecular complexity index is 1090. The van der Waals surface area contributed by atoms with Crippen LogP contribution in [0.15, 0.2) is 54.9 Å². The Balaban J connectivity index is 1.38. The zero-order chi connectivity index (χ0) is 18.6. The fourth-order valence-corrected chi connectivity index (χ4v) is 2.82. The highest BCUT2D eigenvalue weighted by atomic mass is 35.5. The maximum absolute atomic E-state index is 12.1. The Hall–Kier alpha value is -3.39. The number of anilines is 1. The van der Waals surface area contributed by atoms with Crippen molar-refractivity contribution in [1.29, 1.82) is 0 Å². The number of nitrogens with one attached hydrogen (secondary N) is 3. The summed E-state index contributed by atoms with van der Waals surface area (Å²) < 4.78 is 1.66. The van der Waals surface area contributed by atoms with Crippen molar-refractivity contribution in [3.05, 3.63) is 66.1 Å². The molecular weight excluding hydrogens is 366 g/mol. The van der Waals surface area contributed by atoms with E-state index in [1.807, 2.05) is 36.4 Å². The average Bonchev–Trinajstić information content (AvgIpc) is 3.35. The molecule has 0 saturated carbocycles. The fourth-order valence-electron chi connectivity index (χ4n) is 2.66. The normalized spacial score (nSPS) is 10.9. The minimum absolute atomic E-state index is 0.259. The zero-order valence-corrected chi connectivity index (χ0v) is 14.9. The first-order chi connectivity index (χ1) is 13.2. The molecule has 4 rings (SSSR count). The number of fused-ring (bicyclic) bond motifs is 1. The number of carbonyl (C=O) groups excluding carboxylic acids is 1. The van der Waals surface area contributed by atoms with Crippen molar-refractivity contribution in [1.82, 2.24) is 30.5 Å². The van der Waals surface area contributed by atoms with Gasteiger partial charge in [0.15, 0.2) is 0 Å². The Kier molecular flexibility index (Phi) is 4.71. The number of aromatic amines is 1. The van der Waals surface area contributed by atoms with Gasteiger partial charge in [0, 0.05) is 17.0 Å². The minimum Gasteiger partial charge on any atom is -0.332 e. The van der Waals surface area contributed by atoms with Crippen molar-refractivity contribution in [3.63, 3.8) is 0 Å². The number of H-pyrrole nitrogens is 1. The number of hydrogen-bond donors (Lipinski definition) is 3. The molecule has 8 nitrogen and oxygen atoms in total. The van der Waals surface area contributed by atoms with E-state index in [1.165, 1.54) is 0 Å². The summed E-state index contributed by atoms with van der Waals surface area (Å²) in [6.07, 6.45) is 3.53. The third kappa shape index (κ3) is 3.90. The van der Waals surface area contributed by atoms with Crippen LogP contribution in [0.1, 0.15) is 11.3 Å². The van der Waals surface area contributed by atoms with E-state index < -0.39 is 0 Å². The average molecular weight is 382 g/mol. The monoisotopic (exact) mass is 381 g/mol. The maximum Gasteiger partial charge on any atom is 0.319 e. The van der Waals surface area contributed by atoms with Crippen LogP contribution in [0.4, 0.5) is 10.5 Å². The summed E-state index contributed by atoms with van der Waals surface area (Å²) in [4.78, 5) is 12.1. The highest BCUT2D eigenvalue weighted by Crippen LogP contribution is 2.16. The van der Waals surface area contributed by atoms with Gasteiger partial charge in [-0.25, -0.2) is 9.48 Å². The van der Waals surface area contributed by atoms with Gasteiger partial charge in [0.2, 0.25) is 0 Å². The third-order valence-electron chi connectivity index (χ3n) is 4.00. The van der Waals surface area contributed by atoms with E-state index in [-0.39, 0.29) is 12.6 Å². The summed E-state index contributed by atoms with van der Waals surface area (Å²) in [5.41, 5.74) is 4.09. The molecular formula is C18H16ClN7O. The lowest BCUT2D eigenvalue weighted by Gasteiger charge is -2.07. The number of alkyl halides is 1. The van der Waals surface area contributed by atoms with Crippen molar-refractivity contribution < 1.29 is 4.79 Å². The summed E-state index contributed by atoms with van der Waals surface area (Å²) in [7, 11) is 0. The molecule has 9 heteroatoms. The van der Waals surface area contributed by atoms with Crippen molar-refractivity contribution in [3.8, 4) is 5.69 Å². The van der Waals surface area contributed by atoms with E-state index in [9.17, 15) is 4.79 Å². The van der Waals surface area contributed by atoms with Gasteiger partial charge in [0.25, 0.3) is 0 Å². The van der Waals surface area contributed by atoms with Gasteiger partial charge in [-0.2, -0.15) is 5.10 Å². The summed E-state index contributed by atoms with van der Waals surface area (Å²) in [5.74, 6) is 0.394. The Labute approximate surface area is 159 Å². The number of halogens is 1. The second-order valence-electron chi connectivity index (χ2n) is 5.94. The molecule has 0 atom stereocenters. The molecule has 0 radical (unpaired) electrons. The van der Waals surface area contributed by atoms with Crippen LogP contribution in [0, 0.1) is 0 Å². The molecule has 0 aliphatic carbocycles. The molecule has 3 N–H and O–H groups in total. The molecule has 0 fully saturated rings. The van der Waals surface area contributed by atoms with Crippen LogP contribution in [-0.2, 0) is 12.4 Å². The molecule has 0 unspecified atom stereocenters. The number of hydrogen-bond acceptors (Lipinski definition) is 4. The first kappa shape index (κ1) is 17.0. The van der Waals surface area contributed by atoms with Gasteiger partial charge in [-0.15, -0.1) is 16.7 Å². The van der Waals surface area contributed by atoms with E-state index >= 15 is 0 Å². The predicted molar refractivity (Wildman–Crippen MR) is 103 cm³/mol. The van der Waals surface area contributed by atoms with Gasteiger partial charge in [-0.3, -0.25) is 5.10 Å². The number of carbonyl (C=O) groups is 1. The minimum atomic E-state index is -0.323. The third-order valence-corrected chi connectivity index (χ3v) is 4.31. The van der Waals surface area contributed by atoms with Crippen LogP contribution in [0.3, 0.4) is 0 Å². The number of nitrogens with zero attached hydrogens (tertiary/aromatic N) is 4. The second-order valence-corrected chi connectivity index (χ2v) is 6.20. The number of benzene rings is 2. The molecule has 0 spiro atoms. The number of aromatic nitrogens is 5. The van der Waals surface area contributed by atoms with Gasteiger partial charge in [0.1, 0.15) is 5.69 Å². The SMILES string of the molecule is O=C(NCc1cn(-c2ccc3[nH]ncc3c2)nn1)Nc1cccc(CCl)c1. The lowest BCUT2D eigenvalue weighted by Crippen LogP contribution is -2.28. The van der Waals surface area contributed by atoms with Gasteiger partial charge in [-0.05, 0) is 35.9 Å². The van der Waals surface area contributed by atoms with Gasteiger partial charge < -0.3 is 10.6 Å². The fraction of sp³-hybridized carbons (Fsp3) is 0.111. The first-order valence-corrected chi connectivity index (χ1v) is 8.79. The molecule has 0 saturated heterocycles. The standard InChI is InChI=1S/C18H16ClN7O/c19-8-12-2-1-3-14(6-12)22-18(27)20-10-15-11-26(25-23-15)16-4-5-17-13(7-16)9-21-24-17/h1-7,9,11H,8,10H2,(H,21,24)(H2,20,22,27). The molecule has 27 heavy (non-hydrogen) atoms. The van der Waals surface area contributed by atoms with Crippen molar-refractivity contribution in [2.45, 2.75) is 12.4 Å². The van der Waals surface area contributed by atoms with Crippen LogP contribution in [0.2, 0.25) is 0 Å². The zero-order valence-electron chi connectivity index (χ0n) is 14.2. The van der Waals surface area contributed by atoms with E-state index in [4.69, 9.17) is 11.6 Å². The van der Waals surface area contributed by atoms with Crippen LogP contribution in [-0.4, -0.2) is 31.2 Å². The Morgan fingerprint density at radius 1 is 1.22 bits per heavy atom. The molecule has 4 aromatic rings. The van der Waals surface area contributed by atoms with E-state index in [0.717, 1.165) is 22.2 Å². The maximum atomic E-state index is 12.1. The predicted octanol–water partition coefficient (Wildman–Crippen LogP) is 3.20. The van der Waals surface area contributed by atoms with Crippen LogP contribution in [0.25, 0.3) is 16.6 Å². The highest BCUT2D eigenvalue weighted by molar-refractivity contribution is 6.17. The van der Waals surface area contributed by atoms with Crippen LogP contribution >= 0.6 is 11.6 Å². The highest BCUT2D eigenvalue weighted by Gasteiger charge is 2.07. The number of rotatable bonds is 5. The summed E-state index contributed by atoms with van der Waals surface area (Å²) in [5, 5.41) is 21.6. The molecule has 0 aliphatic heterocycles. The molecule has 2 aromatic heterocycles. The van der Waals surface area contributed by atoms with E-state index in [0.29, 0.717) is 17.3 Å². The van der Waals surface area contributed by atoms with Crippen molar-refractivity contribution in [2.24, 2.45) is 0 Å². The Morgan fingerprint density at radius 2 is 2.15 bits per heavy atom. The summed E-state index contributed by atoms with van der Waals surface area (Å²) in [6, 6.07) is 12.9. The first-order valence-electron chi connectivity index (χ1n) is 8.26. The molecule has 136 valence electrons. The molecule has 2 aromatic carbocycles. The quantitative estimate of drug-likeness (QED) is 0.462. The molecule has 0 bridgehead atoms. The van der Waals surface area contributed by atoms with Crippen LogP contribution in [0.5, 0.6) is 0 Å². The van der Waals surface area contributed by atoms with E-state index in [1.54, 1.807) is 23.1 Å². The molecule has 2 amide bonds.